The van der Waals surface area contributed by atoms with Gasteiger partial charge in [0, 0.05) is 25.2 Å². The van der Waals surface area contributed by atoms with E-state index < -0.39 is 36.9 Å². The third kappa shape index (κ3) is 7.38. The second-order valence-electron chi connectivity index (χ2n) is 8.72. The number of anilines is 1. The second-order valence-corrected chi connectivity index (χ2v) is 12.5. The lowest BCUT2D eigenvalue weighted by atomic mass is 10.1. The zero-order chi connectivity index (χ0) is 29.5. The van der Waals surface area contributed by atoms with Crippen LogP contribution in [0.25, 0.3) is 0 Å². The highest BCUT2D eigenvalue weighted by atomic mass is 32.2. The summed E-state index contributed by atoms with van der Waals surface area (Å²) in [5.74, 6) is -0.219. The molecule has 0 aromatic heterocycles. The van der Waals surface area contributed by atoms with E-state index in [1.165, 1.54) is 47.8 Å². The lowest BCUT2D eigenvalue weighted by molar-refractivity contribution is -0.384. The molecular formula is C24H32N4O10S2. The van der Waals surface area contributed by atoms with Crippen molar-refractivity contribution in [3.8, 4) is 11.5 Å². The van der Waals surface area contributed by atoms with Crippen molar-refractivity contribution < 1.29 is 40.8 Å². The summed E-state index contributed by atoms with van der Waals surface area (Å²) in [6, 6.07) is 8.13. The fourth-order valence-corrected chi connectivity index (χ4v) is 6.72. The predicted octanol–water partition coefficient (Wildman–Crippen LogP) is 1.36. The van der Waals surface area contributed by atoms with Gasteiger partial charge in [0.15, 0.2) is 0 Å². The number of rotatable bonds is 13. The number of benzene rings is 2. The third-order valence-electron chi connectivity index (χ3n) is 6.04. The molecule has 2 aromatic rings. The molecule has 0 bridgehead atoms. The van der Waals surface area contributed by atoms with E-state index in [0.717, 1.165) is 16.6 Å². The molecule has 1 N–H and O–H groups in total. The Morgan fingerprint density at radius 1 is 1.15 bits per heavy atom. The molecular weight excluding hydrogens is 568 g/mol. The average Bonchev–Trinajstić information content (AvgIpc) is 2.93. The van der Waals surface area contributed by atoms with Crippen LogP contribution < -0.4 is 19.1 Å². The summed E-state index contributed by atoms with van der Waals surface area (Å²) in [5.41, 5.74) is -0.499. The minimum atomic E-state index is -4.07. The maximum atomic E-state index is 13.0. The first-order valence-electron chi connectivity index (χ1n) is 12.3. The Bertz CT molecular complexity index is 1410. The summed E-state index contributed by atoms with van der Waals surface area (Å²) < 4.78 is 69.2. The highest BCUT2D eigenvalue weighted by Gasteiger charge is 2.34. The van der Waals surface area contributed by atoms with Gasteiger partial charge >= 0.3 is 0 Å². The van der Waals surface area contributed by atoms with Gasteiger partial charge in [-0.15, -0.1) is 0 Å². The number of hydrogen-bond donors (Lipinski definition) is 1. The number of carbonyl (C=O) groups excluding carboxylic acids is 1. The Morgan fingerprint density at radius 2 is 1.80 bits per heavy atom. The molecule has 0 saturated carbocycles. The molecule has 1 aliphatic rings. The summed E-state index contributed by atoms with van der Waals surface area (Å²) >= 11 is 0. The van der Waals surface area contributed by atoms with Crippen molar-refractivity contribution in [2.24, 2.45) is 0 Å². The van der Waals surface area contributed by atoms with Gasteiger partial charge < -0.3 is 19.5 Å². The molecule has 1 heterocycles. The van der Waals surface area contributed by atoms with E-state index >= 15 is 0 Å². The van der Waals surface area contributed by atoms with Crippen molar-refractivity contribution in [2.75, 3.05) is 57.1 Å². The van der Waals surface area contributed by atoms with Crippen LogP contribution in [0, 0.1) is 10.1 Å². The summed E-state index contributed by atoms with van der Waals surface area (Å²) in [6.07, 6.45) is 0.956. The van der Waals surface area contributed by atoms with Gasteiger partial charge in [-0.2, -0.15) is 4.31 Å². The van der Waals surface area contributed by atoms with Gasteiger partial charge in [-0.25, -0.2) is 16.8 Å². The predicted molar refractivity (Wildman–Crippen MR) is 146 cm³/mol. The molecule has 0 spiro atoms. The van der Waals surface area contributed by atoms with E-state index in [9.17, 15) is 31.7 Å². The standard InChI is InChI=1S/C24H32N4O10S2/c1-4-21(27(39(3,32)33)22-17-18(28(30)31)5-10-23(22)36-2)24(29)25-11-14-38-19-6-8-20(9-7-19)40(34,35)26-12-15-37-16-13-26/h5-10,17,21H,4,11-16H2,1-3H3,(H,25,29). The molecule has 0 radical (unpaired) electrons. The quantitative estimate of drug-likeness (QED) is 0.201. The van der Waals surface area contributed by atoms with Gasteiger partial charge in [0.25, 0.3) is 5.69 Å². The van der Waals surface area contributed by atoms with Crippen molar-refractivity contribution in [3.63, 3.8) is 0 Å². The van der Waals surface area contributed by atoms with Gasteiger partial charge in [0.1, 0.15) is 29.8 Å². The van der Waals surface area contributed by atoms with Gasteiger partial charge in [-0.1, -0.05) is 6.92 Å². The Labute approximate surface area is 233 Å². The smallest absolute Gasteiger partial charge is 0.271 e. The van der Waals surface area contributed by atoms with Gasteiger partial charge in [-0.3, -0.25) is 19.2 Å². The largest absolute Gasteiger partial charge is 0.495 e. The molecule has 1 aliphatic heterocycles. The molecule has 1 unspecified atom stereocenters. The Hall–Kier alpha value is -3.47. The number of sulfonamides is 2. The number of nitro groups is 1. The lowest BCUT2D eigenvalue weighted by Gasteiger charge is -2.30. The molecule has 3 rings (SSSR count). The number of amides is 1. The fraction of sp³-hybridized carbons (Fsp3) is 0.458. The third-order valence-corrected chi connectivity index (χ3v) is 9.12. The van der Waals surface area contributed by atoms with Crippen LogP contribution in [0.4, 0.5) is 11.4 Å². The molecule has 220 valence electrons. The Kier molecular flexibility index (Phi) is 10.3. The van der Waals surface area contributed by atoms with Crippen LogP contribution in [0.1, 0.15) is 13.3 Å². The Balaban J connectivity index is 1.66. The molecule has 40 heavy (non-hydrogen) atoms. The second kappa shape index (κ2) is 13.3. The zero-order valence-corrected chi connectivity index (χ0v) is 23.9. The van der Waals surface area contributed by atoms with Gasteiger partial charge in [0.2, 0.25) is 26.0 Å². The van der Waals surface area contributed by atoms with Crippen LogP contribution in [-0.4, -0.2) is 90.8 Å². The van der Waals surface area contributed by atoms with E-state index in [2.05, 4.69) is 5.32 Å². The minimum Gasteiger partial charge on any atom is -0.495 e. The lowest BCUT2D eigenvalue weighted by Crippen LogP contribution is -2.50. The molecule has 1 saturated heterocycles. The number of methoxy groups -OCH3 is 1. The maximum Gasteiger partial charge on any atom is 0.271 e. The van der Waals surface area contributed by atoms with Gasteiger partial charge in [-0.05, 0) is 36.8 Å². The zero-order valence-electron chi connectivity index (χ0n) is 22.3. The van der Waals surface area contributed by atoms with Crippen molar-refractivity contribution in [1.29, 1.82) is 0 Å². The normalized spacial score (nSPS) is 15.2. The van der Waals surface area contributed by atoms with Crippen LogP contribution in [0.3, 0.4) is 0 Å². The number of nitrogens with zero attached hydrogens (tertiary/aromatic N) is 3. The number of ether oxygens (including phenoxy) is 3. The van der Waals surface area contributed by atoms with E-state index in [1.54, 1.807) is 6.92 Å². The van der Waals surface area contributed by atoms with Crippen LogP contribution in [0.5, 0.6) is 11.5 Å². The molecule has 0 aliphatic carbocycles. The maximum absolute atomic E-state index is 13.0. The molecule has 1 fully saturated rings. The highest BCUT2D eigenvalue weighted by molar-refractivity contribution is 7.92. The number of nitro benzene ring substituents is 1. The fourth-order valence-electron chi connectivity index (χ4n) is 4.10. The van der Waals surface area contributed by atoms with E-state index in [-0.39, 0.29) is 54.7 Å². The summed E-state index contributed by atoms with van der Waals surface area (Å²) in [6.45, 7) is 2.87. The van der Waals surface area contributed by atoms with E-state index in [4.69, 9.17) is 14.2 Å². The monoisotopic (exact) mass is 600 g/mol. The first-order chi connectivity index (χ1) is 18.9. The van der Waals surface area contributed by atoms with E-state index in [1.807, 2.05) is 0 Å². The number of non-ortho nitro benzene ring substituents is 1. The Morgan fingerprint density at radius 3 is 2.35 bits per heavy atom. The molecule has 1 amide bonds. The SMILES string of the molecule is CCC(C(=O)NCCOc1ccc(S(=O)(=O)N2CCOCC2)cc1)N(c1cc([N+](=O)[O-])ccc1OC)S(C)(=O)=O. The topological polar surface area (TPSA) is 175 Å². The summed E-state index contributed by atoms with van der Waals surface area (Å²) in [5, 5.41) is 13.9. The van der Waals surface area contributed by atoms with Crippen molar-refractivity contribution in [1.82, 2.24) is 9.62 Å². The first-order valence-corrected chi connectivity index (χ1v) is 15.6. The highest BCUT2D eigenvalue weighted by Crippen LogP contribution is 2.35. The van der Waals surface area contributed by atoms with Crippen LogP contribution in [-0.2, 0) is 29.6 Å². The number of carbonyl (C=O) groups is 1. The first kappa shape index (κ1) is 31.1. The van der Waals surface area contributed by atoms with Crippen molar-refractivity contribution in [2.45, 2.75) is 24.3 Å². The molecule has 14 nitrogen and oxygen atoms in total. The molecule has 2 aromatic carbocycles. The minimum absolute atomic E-state index is 0.00678. The van der Waals surface area contributed by atoms with Crippen molar-refractivity contribution in [3.05, 3.63) is 52.6 Å². The average molecular weight is 601 g/mol. The van der Waals surface area contributed by atoms with Crippen LogP contribution in [0.15, 0.2) is 47.4 Å². The van der Waals surface area contributed by atoms with Crippen LogP contribution in [0.2, 0.25) is 0 Å². The number of nitrogens with one attached hydrogen (secondary N) is 1. The van der Waals surface area contributed by atoms with Crippen molar-refractivity contribution >= 4 is 37.3 Å². The molecule has 16 heteroatoms. The molecule has 1 atom stereocenters. The summed E-state index contributed by atoms with van der Waals surface area (Å²) in [7, 11) is -6.43. The number of morpholine rings is 1. The summed E-state index contributed by atoms with van der Waals surface area (Å²) in [4.78, 5) is 23.8. The number of hydrogen-bond acceptors (Lipinski definition) is 10. The van der Waals surface area contributed by atoms with Crippen LogP contribution >= 0.6 is 0 Å². The van der Waals surface area contributed by atoms with E-state index in [0.29, 0.717) is 19.0 Å². The van der Waals surface area contributed by atoms with Gasteiger partial charge in [0.05, 0.1) is 42.9 Å².